The molecule has 1 aromatic heterocycles. The number of aliphatic carboxylic acids is 1. The second-order valence-electron chi connectivity index (χ2n) is 4.13. The number of hydrogen-bond donors (Lipinski definition) is 2. The van der Waals surface area contributed by atoms with Crippen molar-refractivity contribution in [3.05, 3.63) is 24.3 Å². The van der Waals surface area contributed by atoms with Gasteiger partial charge in [-0.1, -0.05) is 0 Å². The molecule has 2 rings (SSSR count). The topological polar surface area (TPSA) is 110 Å². The first kappa shape index (κ1) is 13.7. The van der Waals surface area contributed by atoms with Crippen LogP contribution in [0.1, 0.15) is 13.3 Å². The lowest BCUT2D eigenvalue weighted by Crippen LogP contribution is -2.08. The number of rotatable bonds is 5. The second kappa shape index (κ2) is 5.91. The lowest BCUT2D eigenvalue weighted by Gasteiger charge is -2.05. The largest absolute Gasteiger partial charge is 0.481 e. The number of amides is 1. The fourth-order valence-corrected chi connectivity index (χ4v) is 1.67. The first-order chi connectivity index (χ1) is 9.56. The average molecular weight is 275 g/mol. The van der Waals surface area contributed by atoms with E-state index in [0.29, 0.717) is 11.5 Å². The van der Waals surface area contributed by atoms with Crippen molar-refractivity contribution >= 4 is 17.6 Å². The minimum atomic E-state index is -0.910. The average Bonchev–Trinajstić information content (AvgIpc) is 2.85. The molecule has 8 nitrogen and oxygen atoms in total. The van der Waals surface area contributed by atoms with Gasteiger partial charge in [0, 0.05) is 18.2 Å². The van der Waals surface area contributed by atoms with Gasteiger partial charge in [-0.2, -0.15) is 0 Å². The van der Waals surface area contributed by atoms with Crippen LogP contribution in [0.2, 0.25) is 0 Å². The summed E-state index contributed by atoms with van der Waals surface area (Å²) in [6, 6.07) is 6.97. The van der Waals surface area contributed by atoms with Crippen molar-refractivity contribution in [1.29, 1.82) is 0 Å². The maximum absolute atomic E-state index is 10.9. The Morgan fingerprint density at radius 2 is 2.00 bits per heavy atom. The maximum Gasteiger partial charge on any atom is 0.305 e. The summed E-state index contributed by atoms with van der Waals surface area (Å²) in [5, 5.41) is 22.5. The van der Waals surface area contributed by atoms with E-state index in [4.69, 9.17) is 5.11 Å². The van der Waals surface area contributed by atoms with Crippen molar-refractivity contribution in [2.45, 2.75) is 19.9 Å². The Bertz CT molecular complexity index is 620. The molecule has 0 fully saturated rings. The SMILES string of the molecule is CC(=O)Nc1ccc(-c2nnnn2CCC(=O)O)cc1. The molecule has 2 N–H and O–H groups in total. The van der Waals surface area contributed by atoms with Crippen LogP contribution in [0.5, 0.6) is 0 Å². The third-order valence-corrected chi connectivity index (χ3v) is 2.53. The molecule has 0 unspecified atom stereocenters. The van der Waals surface area contributed by atoms with Gasteiger partial charge in [0.25, 0.3) is 0 Å². The van der Waals surface area contributed by atoms with E-state index in [9.17, 15) is 9.59 Å². The van der Waals surface area contributed by atoms with Gasteiger partial charge < -0.3 is 10.4 Å². The summed E-state index contributed by atoms with van der Waals surface area (Å²) in [7, 11) is 0. The van der Waals surface area contributed by atoms with Gasteiger partial charge in [-0.15, -0.1) is 5.10 Å². The third-order valence-electron chi connectivity index (χ3n) is 2.53. The number of benzene rings is 1. The Labute approximate surface area is 114 Å². The number of carbonyl (C=O) groups is 2. The third kappa shape index (κ3) is 3.37. The minimum Gasteiger partial charge on any atom is -0.481 e. The number of hydrogen-bond acceptors (Lipinski definition) is 5. The molecule has 0 bridgehead atoms. The van der Waals surface area contributed by atoms with E-state index < -0.39 is 5.97 Å². The monoisotopic (exact) mass is 275 g/mol. The van der Waals surface area contributed by atoms with E-state index in [0.717, 1.165) is 5.56 Å². The summed E-state index contributed by atoms with van der Waals surface area (Å²) in [4.78, 5) is 21.5. The van der Waals surface area contributed by atoms with Gasteiger partial charge in [0.05, 0.1) is 13.0 Å². The van der Waals surface area contributed by atoms with Crippen LogP contribution in [0, 0.1) is 0 Å². The van der Waals surface area contributed by atoms with Crippen LogP contribution in [0.3, 0.4) is 0 Å². The molecular weight excluding hydrogens is 262 g/mol. The lowest BCUT2D eigenvalue weighted by atomic mass is 10.2. The van der Waals surface area contributed by atoms with Crippen LogP contribution in [0.25, 0.3) is 11.4 Å². The van der Waals surface area contributed by atoms with Crippen molar-refractivity contribution in [2.24, 2.45) is 0 Å². The van der Waals surface area contributed by atoms with Crippen LogP contribution in [0.15, 0.2) is 24.3 Å². The molecule has 1 amide bonds. The van der Waals surface area contributed by atoms with Crippen molar-refractivity contribution in [1.82, 2.24) is 20.2 Å². The summed E-state index contributed by atoms with van der Waals surface area (Å²) in [5.41, 5.74) is 1.42. The highest BCUT2D eigenvalue weighted by Gasteiger charge is 2.10. The molecule has 1 heterocycles. The molecule has 1 aromatic carbocycles. The molecule has 2 aromatic rings. The van der Waals surface area contributed by atoms with Crippen molar-refractivity contribution in [3.8, 4) is 11.4 Å². The van der Waals surface area contributed by atoms with Gasteiger partial charge >= 0.3 is 5.97 Å². The molecule has 8 heteroatoms. The molecule has 0 saturated carbocycles. The van der Waals surface area contributed by atoms with Crippen molar-refractivity contribution in [3.63, 3.8) is 0 Å². The number of carbonyl (C=O) groups excluding carboxylic acids is 1. The quantitative estimate of drug-likeness (QED) is 0.834. The Kier molecular flexibility index (Phi) is 4.04. The van der Waals surface area contributed by atoms with E-state index in [1.807, 2.05) is 0 Å². The number of tetrazole rings is 1. The van der Waals surface area contributed by atoms with E-state index in [-0.39, 0.29) is 18.9 Å². The maximum atomic E-state index is 10.9. The summed E-state index contributed by atoms with van der Waals surface area (Å²) in [6.45, 7) is 1.63. The highest BCUT2D eigenvalue weighted by Crippen LogP contribution is 2.18. The number of nitrogens with zero attached hydrogens (tertiary/aromatic N) is 4. The number of anilines is 1. The fraction of sp³-hybridized carbons (Fsp3) is 0.250. The standard InChI is InChI=1S/C12H13N5O3/c1-8(18)13-10-4-2-9(3-5-10)12-14-15-16-17(12)7-6-11(19)20/h2-5H,6-7H2,1H3,(H,13,18)(H,19,20). The zero-order valence-corrected chi connectivity index (χ0v) is 10.8. The number of aryl methyl sites for hydroxylation is 1. The molecule has 0 radical (unpaired) electrons. The summed E-state index contributed by atoms with van der Waals surface area (Å²) in [6.07, 6.45) is -0.0536. The normalized spacial score (nSPS) is 10.2. The van der Waals surface area contributed by atoms with Crippen LogP contribution in [-0.4, -0.2) is 37.2 Å². The Morgan fingerprint density at radius 1 is 1.30 bits per heavy atom. The number of carboxylic acids is 1. The van der Waals surface area contributed by atoms with Gasteiger partial charge in [-0.25, -0.2) is 4.68 Å². The van der Waals surface area contributed by atoms with Crippen LogP contribution in [-0.2, 0) is 16.1 Å². The van der Waals surface area contributed by atoms with Crippen LogP contribution < -0.4 is 5.32 Å². The number of nitrogens with one attached hydrogen (secondary N) is 1. The van der Waals surface area contributed by atoms with Gasteiger partial charge in [-0.3, -0.25) is 9.59 Å². The molecule has 0 aliphatic carbocycles. The number of aromatic nitrogens is 4. The molecule has 0 aliphatic heterocycles. The zero-order valence-electron chi connectivity index (χ0n) is 10.8. The van der Waals surface area contributed by atoms with Crippen molar-refractivity contribution in [2.75, 3.05) is 5.32 Å². The summed E-state index contributed by atoms with van der Waals surface area (Å²) < 4.78 is 1.43. The Balaban J connectivity index is 2.17. The number of carboxylic acid groups (broad SMARTS) is 1. The van der Waals surface area contributed by atoms with Gasteiger partial charge in [-0.05, 0) is 34.7 Å². The van der Waals surface area contributed by atoms with Crippen LogP contribution >= 0.6 is 0 Å². The smallest absolute Gasteiger partial charge is 0.305 e. The Hall–Kier alpha value is -2.77. The molecular formula is C12H13N5O3. The first-order valence-electron chi connectivity index (χ1n) is 5.92. The fourth-order valence-electron chi connectivity index (χ4n) is 1.67. The summed E-state index contributed by atoms with van der Waals surface area (Å²) >= 11 is 0. The van der Waals surface area contributed by atoms with Gasteiger partial charge in [0.15, 0.2) is 5.82 Å². The molecule has 0 saturated heterocycles. The van der Waals surface area contributed by atoms with E-state index in [1.165, 1.54) is 11.6 Å². The highest BCUT2D eigenvalue weighted by atomic mass is 16.4. The van der Waals surface area contributed by atoms with E-state index in [2.05, 4.69) is 20.8 Å². The van der Waals surface area contributed by atoms with E-state index >= 15 is 0 Å². The minimum absolute atomic E-state index is 0.0536. The van der Waals surface area contributed by atoms with E-state index in [1.54, 1.807) is 24.3 Å². The molecule has 104 valence electrons. The zero-order chi connectivity index (χ0) is 14.5. The lowest BCUT2D eigenvalue weighted by molar-refractivity contribution is -0.137. The summed E-state index contributed by atoms with van der Waals surface area (Å²) in [5.74, 6) is -0.572. The first-order valence-corrected chi connectivity index (χ1v) is 5.92. The molecule has 0 spiro atoms. The molecule has 20 heavy (non-hydrogen) atoms. The second-order valence-corrected chi connectivity index (χ2v) is 4.13. The predicted octanol–water partition coefficient (Wildman–Crippen LogP) is 0.773. The Morgan fingerprint density at radius 3 is 2.60 bits per heavy atom. The van der Waals surface area contributed by atoms with Crippen molar-refractivity contribution < 1.29 is 14.7 Å². The molecule has 0 atom stereocenters. The van der Waals surface area contributed by atoms with Gasteiger partial charge in [0.1, 0.15) is 0 Å². The predicted molar refractivity (Wildman–Crippen MR) is 69.8 cm³/mol. The highest BCUT2D eigenvalue weighted by molar-refractivity contribution is 5.88. The van der Waals surface area contributed by atoms with Gasteiger partial charge in [0.2, 0.25) is 5.91 Å². The molecule has 0 aliphatic rings. The van der Waals surface area contributed by atoms with Crippen LogP contribution in [0.4, 0.5) is 5.69 Å².